The van der Waals surface area contributed by atoms with E-state index in [1.165, 1.54) is 30.5 Å². The Hall–Kier alpha value is -3.16. The highest BCUT2D eigenvalue weighted by Crippen LogP contribution is 2.09. The van der Waals surface area contributed by atoms with Crippen LogP contribution in [0.3, 0.4) is 0 Å². The van der Waals surface area contributed by atoms with Crippen LogP contribution in [0.4, 0.5) is 4.39 Å². The molecule has 3 N–H and O–H groups in total. The first-order chi connectivity index (χ1) is 12.9. The van der Waals surface area contributed by atoms with Crippen LogP contribution in [-0.2, 0) is 4.79 Å². The molecule has 7 nitrogen and oxygen atoms in total. The molecule has 8 heteroatoms. The van der Waals surface area contributed by atoms with Crippen LogP contribution in [0.2, 0.25) is 0 Å². The van der Waals surface area contributed by atoms with E-state index in [0.717, 1.165) is 0 Å². The predicted molar refractivity (Wildman–Crippen MR) is 96.5 cm³/mol. The molecular weight excluding hydrogens is 353 g/mol. The molecule has 1 atom stereocenters. The number of rotatable bonds is 8. The third-order valence-electron chi connectivity index (χ3n) is 3.81. The minimum Gasteiger partial charge on any atom is -0.459 e. The molecule has 0 aliphatic rings. The summed E-state index contributed by atoms with van der Waals surface area (Å²) < 4.78 is 18.7. The first-order valence-corrected chi connectivity index (χ1v) is 8.55. The fourth-order valence-corrected chi connectivity index (χ4v) is 2.37. The standard InChI is InChI=1S/C19H22FN3O4/c1-12(2)16(23-17(24)13-6-3-4-7-14(13)20)19(26)22-10-9-21-18(25)15-8-5-11-27-15/h3-8,11-12,16H,9-10H2,1-2H3,(H,21,25)(H,22,26)(H,23,24). The Bertz CT molecular complexity index is 790. The molecular formula is C19H22FN3O4. The second kappa shape index (κ2) is 9.51. The van der Waals surface area contributed by atoms with Gasteiger partial charge in [-0.3, -0.25) is 14.4 Å². The maximum atomic E-state index is 13.7. The van der Waals surface area contributed by atoms with E-state index in [1.807, 2.05) is 0 Å². The second-order valence-electron chi connectivity index (χ2n) is 6.20. The van der Waals surface area contributed by atoms with Crippen LogP contribution >= 0.6 is 0 Å². The van der Waals surface area contributed by atoms with Crippen molar-refractivity contribution in [1.29, 1.82) is 0 Å². The van der Waals surface area contributed by atoms with Gasteiger partial charge in [0.1, 0.15) is 11.9 Å². The van der Waals surface area contributed by atoms with Crippen molar-refractivity contribution < 1.29 is 23.2 Å². The number of halogens is 1. The number of furan rings is 1. The molecule has 1 unspecified atom stereocenters. The summed E-state index contributed by atoms with van der Waals surface area (Å²) >= 11 is 0. The summed E-state index contributed by atoms with van der Waals surface area (Å²) in [5, 5.41) is 7.79. The van der Waals surface area contributed by atoms with Crippen molar-refractivity contribution in [2.75, 3.05) is 13.1 Å². The Morgan fingerprint density at radius 1 is 1.00 bits per heavy atom. The molecule has 2 aromatic rings. The van der Waals surface area contributed by atoms with Gasteiger partial charge in [0.15, 0.2) is 5.76 Å². The molecule has 0 spiro atoms. The zero-order valence-corrected chi connectivity index (χ0v) is 15.1. The smallest absolute Gasteiger partial charge is 0.287 e. The van der Waals surface area contributed by atoms with E-state index in [1.54, 1.807) is 26.0 Å². The molecule has 0 radical (unpaired) electrons. The van der Waals surface area contributed by atoms with Gasteiger partial charge in [0.25, 0.3) is 11.8 Å². The number of hydrogen-bond donors (Lipinski definition) is 3. The van der Waals surface area contributed by atoms with E-state index in [-0.39, 0.29) is 36.2 Å². The lowest BCUT2D eigenvalue weighted by molar-refractivity contribution is -0.123. The number of nitrogens with one attached hydrogen (secondary N) is 3. The molecule has 0 fully saturated rings. The second-order valence-corrected chi connectivity index (χ2v) is 6.20. The quantitative estimate of drug-likeness (QED) is 0.612. The number of amides is 3. The molecule has 0 saturated heterocycles. The molecule has 0 bridgehead atoms. The summed E-state index contributed by atoms with van der Waals surface area (Å²) in [5.74, 6) is -2.15. The summed E-state index contributed by atoms with van der Waals surface area (Å²) in [6, 6.07) is 7.85. The zero-order valence-electron chi connectivity index (χ0n) is 15.1. The normalized spacial score (nSPS) is 11.7. The minimum absolute atomic E-state index is 0.123. The summed E-state index contributed by atoms with van der Waals surface area (Å²) in [4.78, 5) is 36.3. The average molecular weight is 375 g/mol. The summed E-state index contributed by atoms with van der Waals surface area (Å²) in [5.41, 5.74) is -0.123. The zero-order chi connectivity index (χ0) is 19.8. The molecule has 3 amide bonds. The van der Waals surface area contributed by atoms with Gasteiger partial charge in [0.05, 0.1) is 11.8 Å². The van der Waals surface area contributed by atoms with Gasteiger partial charge in [-0.25, -0.2) is 4.39 Å². The van der Waals surface area contributed by atoms with Crippen LogP contribution in [0.1, 0.15) is 34.8 Å². The van der Waals surface area contributed by atoms with Crippen LogP contribution in [0.5, 0.6) is 0 Å². The maximum absolute atomic E-state index is 13.7. The van der Waals surface area contributed by atoms with Gasteiger partial charge in [-0.05, 0) is 30.2 Å². The number of carbonyl (C=O) groups excluding carboxylic acids is 3. The van der Waals surface area contributed by atoms with Gasteiger partial charge in [-0.1, -0.05) is 26.0 Å². The van der Waals surface area contributed by atoms with E-state index in [9.17, 15) is 18.8 Å². The highest BCUT2D eigenvalue weighted by molar-refractivity contribution is 5.97. The molecule has 0 saturated carbocycles. The van der Waals surface area contributed by atoms with E-state index in [4.69, 9.17) is 4.42 Å². The SMILES string of the molecule is CC(C)C(NC(=O)c1ccccc1F)C(=O)NCCNC(=O)c1ccco1. The lowest BCUT2D eigenvalue weighted by Crippen LogP contribution is -2.51. The van der Waals surface area contributed by atoms with Gasteiger partial charge in [0, 0.05) is 13.1 Å². The minimum atomic E-state index is -0.835. The van der Waals surface area contributed by atoms with Crippen LogP contribution in [0, 0.1) is 11.7 Å². The Morgan fingerprint density at radius 3 is 2.33 bits per heavy atom. The molecule has 1 aromatic heterocycles. The maximum Gasteiger partial charge on any atom is 0.287 e. The summed E-state index contributed by atoms with van der Waals surface area (Å²) in [6.45, 7) is 3.90. The molecule has 0 aliphatic carbocycles. The first kappa shape index (κ1) is 20.2. The van der Waals surface area contributed by atoms with Gasteiger partial charge < -0.3 is 20.4 Å². The van der Waals surface area contributed by atoms with Crippen molar-refractivity contribution in [2.24, 2.45) is 5.92 Å². The first-order valence-electron chi connectivity index (χ1n) is 8.55. The number of hydrogen-bond acceptors (Lipinski definition) is 4. The van der Waals surface area contributed by atoms with E-state index in [2.05, 4.69) is 16.0 Å². The third-order valence-corrected chi connectivity index (χ3v) is 3.81. The molecule has 144 valence electrons. The molecule has 27 heavy (non-hydrogen) atoms. The lowest BCUT2D eigenvalue weighted by Gasteiger charge is -2.22. The molecule has 1 heterocycles. The van der Waals surface area contributed by atoms with Crippen molar-refractivity contribution >= 4 is 17.7 Å². The van der Waals surface area contributed by atoms with Crippen molar-refractivity contribution in [3.63, 3.8) is 0 Å². The lowest BCUT2D eigenvalue weighted by atomic mass is 10.0. The monoisotopic (exact) mass is 375 g/mol. The van der Waals surface area contributed by atoms with Gasteiger partial charge in [0.2, 0.25) is 5.91 Å². The van der Waals surface area contributed by atoms with Crippen molar-refractivity contribution in [3.8, 4) is 0 Å². The van der Waals surface area contributed by atoms with Crippen molar-refractivity contribution in [3.05, 3.63) is 59.8 Å². The molecule has 2 rings (SSSR count). The van der Waals surface area contributed by atoms with E-state index in [0.29, 0.717) is 0 Å². The predicted octanol–water partition coefficient (Wildman–Crippen LogP) is 1.72. The molecule has 1 aromatic carbocycles. The van der Waals surface area contributed by atoms with E-state index < -0.39 is 23.7 Å². The number of benzene rings is 1. The topological polar surface area (TPSA) is 100 Å². The van der Waals surface area contributed by atoms with Crippen LogP contribution in [0.15, 0.2) is 47.1 Å². The van der Waals surface area contributed by atoms with Crippen molar-refractivity contribution in [1.82, 2.24) is 16.0 Å². The fraction of sp³-hybridized carbons (Fsp3) is 0.316. The molecule has 0 aliphatic heterocycles. The average Bonchev–Trinajstić information content (AvgIpc) is 3.17. The van der Waals surface area contributed by atoms with Crippen LogP contribution in [-0.4, -0.2) is 36.9 Å². The Kier molecular flexibility index (Phi) is 7.10. The highest BCUT2D eigenvalue weighted by atomic mass is 19.1. The largest absolute Gasteiger partial charge is 0.459 e. The van der Waals surface area contributed by atoms with E-state index >= 15 is 0 Å². The van der Waals surface area contributed by atoms with Crippen LogP contribution < -0.4 is 16.0 Å². The highest BCUT2D eigenvalue weighted by Gasteiger charge is 2.25. The Morgan fingerprint density at radius 2 is 1.70 bits per heavy atom. The van der Waals surface area contributed by atoms with Gasteiger partial charge >= 0.3 is 0 Å². The Balaban J connectivity index is 1.84. The fourth-order valence-electron chi connectivity index (χ4n) is 2.37. The number of carbonyl (C=O) groups is 3. The summed E-state index contributed by atoms with van der Waals surface area (Å²) in [6.07, 6.45) is 1.39. The summed E-state index contributed by atoms with van der Waals surface area (Å²) in [7, 11) is 0. The van der Waals surface area contributed by atoms with Gasteiger partial charge in [-0.2, -0.15) is 0 Å². The van der Waals surface area contributed by atoms with Gasteiger partial charge in [-0.15, -0.1) is 0 Å². The third kappa shape index (κ3) is 5.67. The Labute approximate surface area is 156 Å². The van der Waals surface area contributed by atoms with Crippen molar-refractivity contribution in [2.45, 2.75) is 19.9 Å². The van der Waals surface area contributed by atoms with Crippen LogP contribution in [0.25, 0.3) is 0 Å².